The molecule has 0 radical (unpaired) electrons. The molecule has 2 nitrogen and oxygen atoms in total. The zero-order valence-electron chi connectivity index (χ0n) is 4.55. The average molecular weight is 101 g/mol. The Bertz CT molecular complexity index is 52.0. The van der Waals surface area contributed by atoms with Crippen LogP contribution in [0, 0.1) is 0 Å². The molecule has 0 amide bonds. The largest absolute Gasteiger partial charge is 0.487 e. The number of hydrogen-bond acceptors (Lipinski definition) is 2. The predicted molar refractivity (Wildman–Crippen MR) is 29.6 cm³/mol. The topological polar surface area (TPSA) is 35.2 Å². The lowest BCUT2D eigenvalue weighted by atomic mass is 10.5. The van der Waals surface area contributed by atoms with E-state index >= 15 is 0 Å². The average Bonchev–Trinajstić information content (AvgIpc) is 1.69. The molecule has 0 aromatic heterocycles. The minimum Gasteiger partial charge on any atom is -0.487 e. The predicted octanol–water partition coefficient (Wildman–Crippen LogP) is 0.843. The van der Waals surface area contributed by atoms with Crippen molar-refractivity contribution in [2.24, 2.45) is 5.73 Å². The van der Waals surface area contributed by atoms with Gasteiger partial charge in [0.05, 0.1) is 6.26 Å². The molecule has 0 saturated carbocycles. The van der Waals surface area contributed by atoms with E-state index in [9.17, 15) is 0 Å². The second kappa shape index (κ2) is 5.50. The Morgan fingerprint density at radius 1 is 1.71 bits per heavy atom. The van der Waals surface area contributed by atoms with Crippen LogP contribution >= 0.6 is 0 Å². The molecule has 2 N–H and O–H groups in total. The SMILES string of the molecule is CC/C=C\OCN. The molecule has 2 heteroatoms. The second-order valence-corrected chi connectivity index (χ2v) is 1.11. The zero-order valence-corrected chi connectivity index (χ0v) is 4.55. The van der Waals surface area contributed by atoms with E-state index in [1.54, 1.807) is 6.26 Å². The molecule has 0 aromatic carbocycles. The summed E-state index contributed by atoms with van der Waals surface area (Å²) in [6.45, 7) is 2.31. The third-order valence-electron chi connectivity index (χ3n) is 0.524. The monoisotopic (exact) mass is 101 g/mol. The highest BCUT2D eigenvalue weighted by atomic mass is 16.5. The van der Waals surface area contributed by atoms with Gasteiger partial charge in [0.2, 0.25) is 0 Å². The molecule has 0 bridgehead atoms. The first-order valence-electron chi connectivity index (χ1n) is 2.38. The summed E-state index contributed by atoms with van der Waals surface area (Å²) in [5.74, 6) is 0. The van der Waals surface area contributed by atoms with E-state index in [2.05, 4.69) is 4.74 Å². The molecule has 42 valence electrons. The fourth-order valence-electron chi connectivity index (χ4n) is 0.220. The summed E-state index contributed by atoms with van der Waals surface area (Å²) in [6, 6.07) is 0. The van der Waals surface area contributed by atoms with Crippen molar-refractivity contribution < 1.29 is 4.74 Å². The van der Waals surface area contributed by atoms with Gasteiger partial charge in [-0.15, -0.1) is 0 Å². The van der Waals surface area contributed by atoms with E-state index in [1.807, 2.05) is 13.0 Å². The summed E-state index contributed by atoms with van der Waals surface area (Å²) in [5.41, 5.74) is 5.00. The lowest BCUT2D eigenvalue weighted by molar-refractivity contribution is 0.259. The Labute approximate surface area is 44.0 Å². The molecule has 0 aliphatic rings. The van der Waals surface area contributed by atoms with Crippen molar-refractivity contribution in [2.45, 2.75) is 13.3 Å². The maximum atomic E-state index is 5.00. The van der Waals surface area contributed by atoms with Crippen molar-refractivity contribution >= 4 is 0 Å². The normalized spacial score (nSPS) is 10.0. The summed E-state index contributed by atoms with van der Waals surface area (Å²) in [7, 11) is 0. The molecule has 7 heavy (non-hydrogen) atoms. The van der Waals surface area contributed by atoms with Gasteiger partial charge in [-0.05, 0) is 6.42 Å². The van der Waals surface area contributed by atoms with Crippen LogP contribution in [0.1, 0.15) is 13.3 Å². The quantitative estimate of drug-likeness (QED) is 0.422. The van der Waals surface area contributed by atoms with Gasteiger partial charge in [0.25, 0.3) is 0 Å². The van der Waals surface area contributed by atoms with Gasteiger partial charge in [0.1, 0.15) is 6.73 Å². The molecular weight excluding hydrogens is 90.1 g/mol. The molecule has 0 fully saturated rings. The molecular formula is C5H11NO. The van der Waals surface area contributed by atoms with Crippen LogP contribution in [0.15, 0.2) is 12.3 Å². The fourth-order valence-corrected chi connectivity index (χ4v) is 0.220. The molecule has 0 aliphatic carbocycles. The highest BCUT2D eigenvalue weighted by Crippen LogP contribution is 1.77. The first-order chi connectivity index (χ1) is 3.41. The summed E-state index contributed by atoms with van der Waals surface area (Å²) >= 11 is 0. The molecule has 0 heterocycles. The van der Waals surface area contributed by atoms with Crippen LogP contribution in [0.4, 0.5) is 0 Å². The van der Waals surface area contributed by atoms with E-state index in [1.165, 1.54) is 0 Å². The first kappa shape index (κ1) is 6.50. The number of allylic oxidation sites excluding steroid dienone is 1. The summed E-state index contributed by atoms with van der Waals surface area (Å²) in [5, 5.41) is 0. The van der Waals surface area contributed by atoms with Crippen LogP contribution in [0.3, 0.4) is 0 Å². The van der Waals surface area contributed by atoms with Gasteiger partial charge in [-0.3, -0.25) is 5.73 Å². The van der Waals surface area contributed by atoms with Crippen LogP contribution in [0.2, 0.25) is 0 Å². The Morgan fingerprint density at radius 2 is 2.43 bits per heavy atom. The number of nitrogens with two attached hydrogens (primary N) is 1. The molecule has 0 unspecified atom stereocenters. The molecule has 0 spiro atoms. The van der Waals surface area contributed by atoms with Crippen molar-refractivity contribution in [3.05, 3.63) is 12.3 Å². The second-order valence-electron chi connectivity index (χ2n) is 1.11. The maximum Gasteiger partial charge on any atom is 0.136 e. The van der Waals surface area contributed by atoms with Crippen molar-refractivity contribution in [3.8, 4) is 0 Å². The van der Waals surface area contributed by atoms with Gasteiger partial charge in [0.15, 0.2) is 0 Å². The summed E-state index contributed by atoms with van der Waals surface area (Å²) in [6.07, 6.45) is 4.52. The summed E-state index contributed by atoms with van der Waals surface area (Å²) in [4.78, 5) is 0. The van der Waals surface area contributed by atoms with Gasteiger partial charge in [-0.25, -0.2) is 0 Å². The zero-order chi connectivity index (χ0) is 5.54. The molecule has 0 aromatic rings. The van der Waals surface area contributed by atoms with E-state index in [-0.39, 0.29) is 6.73 Å². The van der Waals surface area contributed by atoms with Crippen LogP contribution < -0.4 is 5.73 Å². The van der Waals surface area contributed by atoms with Crippen molar-refractivity contribution in [3.63, 3.8) is 0 Å². The van der Waals surface area contributed by atoms with Gasteiger partial charge < -0.3 is 4.74 Å². The first-order valence-corrected chi connectivity index (χ1v) is 2.38. The van der Waals surface area contributed by atoms with E-state index in [4.69, 9.17) is 5.73 Å². The minimum absolute atomic E-state index is 0.274. The van der Waals surface area contributed by atoms with Gasteiger partial charge in [0, 0.05) is 0 Å². The van der Waals surface area contributed by atoms with Gasteiger partial charge in [-0.1, -0.05) is 13.0 Å². The van der Waals surface area contributed by atoms with Crippen LogP contribution in [-0.4, -0.2) is 6.73 Å². The van der Waals surface area contributed by atoms with Gasteiger partial charge >= 0.3 is 0 Å². The lowest BCUT2D eigenvalue weighted by Gasteiger charge is -1.88. The Balaban J connectivity index is 2.78. The number of ether oxygens (including phenoxy) is 1. The van der Waals surface area contributed by atoms with Crippen molar-refractivity contribution in [1.29, 1.82) is 0 Å². The highest BCUT2D eigenvalue weighted by molar-refractivity contribution is 4.69. The third-order valence-corrected chi connectivity index (χ3v) is 0.524. The third kappa shape index (κ3) is 5.50. The molecule has 0 atom stereocenters. The molecule has 0 saturated heterocycles. The highest BCUT2D eigenvalue weighted by Gasteiger charge is 1.64. The van der Waals surface area contributed by atoms with Crippen LogP contribution in [-0.2, 0) is 4.74 Å². The van der Waals surface area contributed by atoms with E-state index in [0.29, 0.717) is 0 Å². The number of hydrogen-bond donors (Lipinski definition) is 1. The van der Waals surface area contributed by atoms with Crippen LogP contribution in [0.5, 0.6) is 0 Å². The van der Waals surface area contributed by atoms with Crippen molar-refractivity contribution in [2.75, 3.05) is 6.73 Å². The molecule has 0 rings (SSSR count). The Kier molecular flexibility index (Phi) is 5.11. The smallest absolute Gasteiger partial charge is 0.136 e. The van der Waals surface area contributed by atoms with Gasteiger partial charge in [-0.2, -0.15) is 0 Å². The maximum absolute atomic E-state index is 5.00. The Hall–Kier alpha value is -0.500. The van der Waals surface area contributed by atoms with Crippen molar-refractivity contribution in [1.82, 2.24) is 0 Å². The minimum atomic E-state index is 0.274. The lowest BCUT2D eigenvalue weighted by Crippen LogP contribution is -1.98. The Morgan fingerprint density at radius 3 is 2.86 bits per heavy atom. The molecule has 0 aliphatic heterocycles. The number of rotatable bonds is 3. The van der Waals surface area contributed by atoms with E-state index < -0.39 is 0 Å². The van der Waals surface area contributed by atoms with E-state index in [0.717, 1.165) is 6.42 Å². The standard InChI is InChI=1S/C5H11NO/c1-2-3-4-7-5-6/h3-4H,2,5-6H2,1H3/b4-3-. The summed E-state index contributed by atoms with van der Waals surface area (Å²) < 4.78 is 4.67. The van der Waals surface area contributed by atoms with Crippen LogP contribution in [0.25, 0.3) is 0 Å². The fraction of sp³-hybridized carbons (Fsp3) is 0.600.